The van der Waals surface area contributed by atoms with Gasteiger partial charge in [0.1, 0.15) is 11.4 Å². The molecule has 0 saturated heterocycles. The lowest BCUT2D eigenvalue weighted by Crippen LogP contribution is -2.32. The van der Waals surface area contributed by atoms with Crippen LogP contribution in [-0.2, 0) is 9.59 Å². The molecule has 0 fully saturated rings. The zero-order chi connectivity index (χ0) is 23.7. The average Bonchev–Trinajstić information content (AvgIpc) is 3.06. The monoisotopic (exact) mass is 440 g/mol. The number of ether oxygens (including phenoxy) is 1. The van der Waals surface area contributed by atoms with Crippen LogP contribution >= 0.6 is 0 Å². The number of aryl methyl sites for hydroxylation is 1. The molecule has 0 bridgehead atoms. The van der Waals surface area contributed by atoms with E-state index in [0.717, 1.165) is 22.4 Å². The van der Waals surface area contributed by atoms with Gasteiger partial charge in [-0.1, -0.05) is 50.2 Å². The van der Waals surface area contributed by atoms with E-state index in [9.17, 15) is 9.59 Å². The maximum Gasteiger partial charge on any atom is 0.282 e. The highest BCUT2D eigenvalue weighted by Gasteiger charge is 2.40. The van der Waals surface area contributed by atoms with Gasteiger partial charge in [-0.05, 0) is 72.4 Å². The van der Waals surface area contributed by atoms with Crippen molar-refractivity contribution in [3.63, 3.8) is 0 Å². The van der Waals surface area contributed by atoms with Crippen molar-refractivity contribution in [1.82, 2.24) is 0 Å². The zero-order valence-electron chi connectivity index (χ0n) is 19.6. The minimum absolute atomic E-state index is 0.270. The molecule has 5 nitrogen and oxygen atoms in total. The molecule has 3 aromatic carbocycles. The zero-order valence-corrected chi connectivity index (χ0v) is 19.6. The van der Waals surface area contributed by atoms with Gasteiger partial charge >= 0.3 is 0 Å². The van der Waals surface area contributed by atoms with E-state index in [2.05, 4.69) is 19.2 Å². The number of anilines is 2. The molecule has 0 spiro atoms. The molecule has 0 aromatic heterocycles. The van der Waals surface area contributed by atoms with Crippen molar-refractivity contribution in [2.45, 2.75) is 33.6 Å². The predicted octanol–water partition coefficient (Wildman–Crippen LogP) is 5.83. The fourth-order valence-electron chi connectivity index (χ4n) is 3.94. The molecule has 168 valence electrons. The summed E-state index contributed by atoms with van der Waals surface area (Å²) in [5.74, 6) is 0.319. The van der Waals surface area contributed by atoms with Crippen LogP contribution in [0.25, 0.3) is 5.57 Å². The quantitative estimate of drug-likeness (QED) is 0.490. The highest BCUT2D eigenvalue weighted by molar-refractivity contribution is 6.46. The van der Waals surface area contributed by atoms with E-state index in [1.54, 1.807) is 31.4 Å². The number of nitrogens with zero attached hydrogens (tertiary/aromatic N) is 1. The largest absolute Gasteiger partial charge is 0.497 e. The van der Waals surface area contributed by atoms with Gasteiger partial charge in [-0.25, -0.2) is 4.90 Å². The molecule has 0 radical (unpaired) electrons. The standard InChI is InChI=1S/C28H28N2O3/c1-17(2)20-9-13-22(14-10-20)30-27(31)25(21-11-15-23(33-5)16-12-21)26(28(30)32)29-24-8-6-7-18(3)19(24)4/h6-17,29H,1-5H3. The summed E-state index contributed by atoms with van der Waals surface area (Å²) < 4.78 is 5.26. The minimum Gasteiger partial charge on any atom is -0.497 e. The third kappa shape index (κ3) is 4.14. The van der Waals surface area contributed by atoms with Crippen molar-refractivity contribution >= 4 is 28.8 Å². The number of methoxy groups -OCH3 is 1. The second-order valence-electron chi connectivity index (χ2n) is 8.54. The highest BCUT2D eigenvalue weighted by atomic mass is 16.5. The molecule has 1 heterocycles. The number of amides is 2. The lowest BCUT2D eigenvalue weighted by atomic mass is 10.0. The maximum atomic E-state index is 13.6. The lowest BCUT2D eigenvalue weighted by molar-refractivity contribution is -0.120. The first-order valence-electron chi connectivity index (χ1n) is 11.0. The van der Waals surface area contributed by atoms with Gasteiger partial charge in [-0.3, -0.25) is 9.59 Å². The smallest absolute Gasteiger partial charge is 0.282 e. The van der Waals surface area contributed by atoms with E-state index in [0.29, 0.717) is 28.5 Å². The van der Waals surface area contributed by atoms with Crippen molar-refractivity contribution in [2.75, 3.05) is 17.3 Å². The molecule has 3 aromatic rings. The number of imide groups is 1. The van der Waals surface area contributed by atoms with E-state index >= 15 is 0 Å². The van der Waals surface area contributed by atoms with Crippen molar-refractivity contribution in [2.24, 2.45) is 0 Å². The first kappa shape index (κ1) is 22.3. The number of hydrogen-bond donors (Lipinski definition) is 1. The van der Waals surface area contributed by atoms with Crippen LogP contribution in [-0.4, -0.2) is 18.9 Å². The Hall–Kier alpha value is -3.86. The van der Waals surface area contributed by atoms with Gasteiger partial charge in [0.05, 0.1) is 18.4 Å². The molecule has 0 saturated carbocycles. The molecule has 2 amide bonds. The van der Waals surface area contributed by atoms with Crippen LogP contribution < -0.4 is 15.0 Å². The normalized spacial score (nSPS) is 13.8. The first-order valence-corrected chi connectivity index (χ1v) is 11.0. The molecule has 1 aliphatic rings. The molecule has 0 aliphatic carbocycles. The Kier molecular flexibility index (Phi) is 6.05. The predicted molar refractivity (Wildman–Crippen MR) is 132 cm³/mol. The summed E-state index contributed by atoms with van der Waals surface area (Å²) in [5, 5.41) is 3.27. The van der Waals surface area contributed by atoms with Crippen molar-refractivity contribution in [1.29, 1.82) is 0 Å². The van der Waals surface area contributed by atoms with Crippen LogP contribution in [0, 0.1) is 13.8 Å². The van der Waals surface area contributed by atoms with Gasteiger partial charge in [-0.2, -0.15) is 0 Å². The summed E-state index contributed by atoms with van der Waals surface area (Å²) in [5.41, 5.74) is 5.90. The molecular formula is C28H28N2O3. The molecule has 0 atom stereocenters. The summed E-state index contributed by atoms with van der Waals surface area (Å²) >= 11 is 0. The van der Waals surface area contributed by atoms with Crippen LogP contribution in [0.1, 0.15) is 42.0 Å². The Morgan fingerprint density at radius 2 is 1.52 bits per heavy atom. The third-order valence-corrected chi connectivity index (χ3v) is 6.14. The molecule has 1 aliphatic heterocycles. The highest BCUT2D eigenvalue weighted by Crippen LogP contribution is 2.35. The maximum absolute atomic E-state index is 13.6. The Morgan fingerprint density at radius 1 is 0.848 bits per heavy atom. The van der Waals surface area contributed by atoms with E-state index in [1.165, 1.54) is 4.90 Å². The van der Waals surface area contributed by atoms with Crippen LogP contribution in [0.15, 0.2) is 72.4 Å². The third-order valence-electron chi connectivity index (χ3n) is 6.14. The topological polar surface area (TPSA) is 58.6 Å². The fourth-order valence-corrected chi connectivity index (χ4v) is 3.94. The van der Waals surface area contributed by atoms with Gasteiger partial charge in [0.2, 0.25) is 0 Å². The van der Waals surface area contributed by atoms with E-state index < -0.39 is 0 Å². The number of hydrogen-bond acceptors (Lipinski definition) is 4. The van der Waals surface area contributed by atoms with Crippen LogP contribution in [0.5, 0.6) is 5.75 Å². The molecule has 0 unspecified atom stereocenters. The summed E-state index contributed by atoms with van der Waals surface area (Å²) in [6.07, 6.45) is 0. The summed E-state index contributed by atoms with van der Waals surface area (Å²) in [7, 11) is 1.59. The summed E-state index contributed by atoms with van der Waals surface area (Å²) in [6.45, 7) is 8.23. The summed E-state index contributed by atoms with van der Waals surface area (Å²) in [6, 6.07) is 20.6. The van der Waals surface area contributed by atoms with Crippen molar-refractivity contribution in [3.8, 4) is 5.75 Å². The molecule has 5 heteroatoms. The molecule has 1 N–H and O–H groups in total. The van der Waals surface area contributed by atoms with Gasteiger partial charge in [0.15, 0.2) is 0 Å². The van der Waals surface area contributed by atoms with E-state index in [4.69, 9.17) is 4.74 Å². The Labute approximate surface area is 194 Å². The Bertz CT molecular complexity index is 1240. The SMILES string of the molecule is COc1ccc(C2=C(Nc3cccc(C)c3C)C(=O)N(c3ccc(C(C)C)cc3)C2=O)cc1. The second-order valence-corrected chi connectivity index (χ2v) is 8.54. The molecular weight excluding hydrogens is 412 g/mol. The average molecular weight is 441 g/mol. The summed E-state index contributed by atoms with van der Waals surface area (Å²) in [4.78, 5) is 28.5. The van der Waals surface area contributed by atoms with Crippen LogP contribution in [0.4, 0.5) is 11.4 Å². The van der Waals surface area contributed by atoms with Crippen molar-refractivity contribution < 1.29 is 14.3 Å². The number of carbonyl (C=O) groups excluding carboxylic acids is 2. The first-order chi connectivity index (χ1) is 15.8. The molecule has 4 rings (SSSR count). The Balaban J connectivity index is 1.80. The second kappa shape index (κ2) is 8.94. The van der Waals surface area contributed by atoms with Gasteiger partial charge in [0, 0.05) is 5.69 Å². The minimum atomic E-state index is -0.371. The lowest BCUT2D eigenvalue weighted by Gasteiger charge is -2.17. The Morgan fingerprint density at radius 3 is 2.12 bits per heavy atom. The van der Waals surface area contributed by atoms with Gasteiger partial charge in [-0.15, -0.1) is 0 Å². The van der Waals surface area contributed by atoms with Crippen LogP contribution in [0.2, 0.25) is 0 Å². The van der Waals surface area contributed by atoms with Gasteiger partial charge in [0.25, 0.3) is 11.8 Å². The number of nitrogens with one attached hydrogen (secondary N) is 1. The number of carbonyl (C=O) groups is 2. The van der Waals surface area contributed by atoms with Crippen molar-refractivity contribution in [3.05, 3.63) is 94.7 Å². The van der Waals surface area contributed by atoms with Crippen LogP contribution in [0.3, 0.4) is 0 Å². The number of benzene rings is 3. The fraction of sp³-hybridized carbons (Fsp3) is 0.214. The van der Waals surface area contributed by atoms with E-state index in [-0.39, 0.29) is 17.5 Å². The van der Waals surface area contributed by atoms with E-state index in [1.807, 2.05) is 56.3 Å². The van der Waals surface area contributed by atoms with Gasteiger partial charge < -0.3 is 10.1 Å². The number of rotatable bonds is 6. The molecule has 33 heavy (non-hydrogen) atoms.